The predicted molar refractivity (Wildman–Crippen MR) is 78.1 cm³/mol. The maximum atomic E-state index is 13.2. The van der Waals surface area contributed by atoms with Gasteiger partial charge in [0, 0.05) is 17.1 Å². The van der Waals surface area contributed by atoms with Gasteiger partial charge in [0.25, 0.3) is 0 Å². The Labute approximate surface area is 120 Å². The average molecular weight is 324 g/mol. The van der Waals surface area contributed by atoms with Gasteiger partial charge in [-0.3, -0.25) is 0 Å². The topological polar surface area (TPSA) is 21.3 Å². The van der Waals surface area contributed by atoms with Crippen molar-refractivity contribution >= 4 is 15.9 Å². The zero-order valence-electron chi connectivity index (χ0n) is 10.8. The van der Waals surface area contributed by atoms with E-state index in [0.29, 0.717) is 11.5 Å². The smallest absolute Gasteiger partial charge is 0.133 e. The molecule has 0 radical (unpaired) electrons. The zero-order chi connectivity index (χ0) is 13.8. The van der Waals surface area contributed by atoms with Crippen LogP contribution in [0, 0.1) is 12.7 Å². The van der Waals surface area contributed by atoms with E-state index in [1.165, 1.54) is 12.1 Å². The van der Waals surface area contributed by atoms with E-state index in [1.807, 2.05) is 32.2 Å². The van der Waals surface area contributed by atoms with Crippen molar-refractivity contribution in [2.75, 3.05) is 7.05 Å². The quantitative estimate of drug-likeness (QED) is 0.899. The predicted octanol–water partition coefficient (Wildman–Crippen LogP) is 4.41. The fourth-order valence-corrected chi connectivity index (χ4v) is 2.23. The molecule has 0 aliphatic heterocycles. The summed E-state index contributed by atoms with van der Waals surface area (Å²) in [6.07, 6.45) is 0. The monoisotopic (exact) mass is 323 g/mol. The van der Waals surface area contributed by atoms with Crippen molar-refractivity contribution in [1.29, 1.82) is 0 Å². The first-order valence-corrected chi connectivity index (χ1v) is 6.76. The van der Waals surface area contributed by atoms with Crippen molar-refractivity contribution in [3.8, 4) is 11.5 Å². The molecule has 2 aromatic rings. The molecule has 0 aromatic heterocycles. The van der Waals surface area contributed by atoms with Gasteiger partial charge < -0.3 is 10.1 Å². The molecule has 2 aromatic carbocycles. The maximum absolute atomic E-state index is 13.2. The molecule has 0 atom stereocenters. The zero-order valence-corrected chi connectivity index (χ0v) is 12.4. The van der Waals surface area contributed by atoms with Crippen LogP contribution in [-0.4, -0.2) is 7.05 Å². The summed E-state index contributed by atoms with van der Waals surface area (Å²) in [5, 5.41) is 3.09. The van der Waals surface area contributed by atoms with Gasteiger partial charge in [0.15, 0.2) is 0 Å². The minimum Gasteiger partial charge on any atom is -0.457 e. The van der Waals surface area contributed by atoms with Crippen LogP contribution in [0.3, 0.4) is 0 Å². The lowest BCUT2D eigenvalue weighted by molar-refractivity contribution is 0.472. The molecule has 1 N–H and O–H groups in total. The van der Waals surface area contributed by atoms with E-state index in [1.54, 1.807) is 6.07 Å². The summed E-state index contributed by atoms with van der Waals surface area (Å²) in [7, 11) is 1.90. The molecule has 0 saturated carbocycles. The molecular weight excluding hydrogens is 309 g/mol. The number of aryl methyl sites for hydroxylation is 1. The Morgan fingerprint density at radius 2 is 2.00 bits per heavy atom. The lowest BCUT2D eigenvalue weighted by Gasteiger charge is -2.11. The molecule has 0 saturated heterocycles. The van der Waals surface area contributed by atoms with Gasteiger partial charge in [-0.25, -0.2) is 4.39 Å². The van der Waals surface area contributed by atoms with E-state index in [2.05, 4.69) is 21.2 Å². The van der Waals surface area contributed by atoms with Gasteiger partial charge in [-0.05, 0) is 43.3 Å². The highest BCUT2D eigenvalue weighted by atomic mass is 79.9. The van der Waals surface area contributed by atoms with E-state index in [9.17, 15) is 4.39 Å². The Kier molecular flexibility index (Phi) is 4.56. The summed E-state index contributed by atoms with van der Waals surface area (Å²) in [6.45, 7) is 2.67. The number of hydrogen-bond acceptors (Lipinski definition) is 2. The SMILES string of the molecule is CNCc1ccc(Oc2cc(F)ccc2C)cc1Br. The third-order valence-electron chi connectivity index (χ3n) is 2.77. The van der Waals surface area contributed by atoms with Crippen molar-refractivity contribution in [3.05, 3.63) is 57.8 Å². The van der Waals surface area contributed by atoms with Crippen LogP contribution in [0.25, 0.3) is 0 Å². The first-order valence-electron chi connectivity index (χ1n) is 5.97. The third-order valence-corrected chi connectivity index (χ3v) is 3.51. The highest BCUT2D eigenvalue weighted by Gasteiger charge is 2.06. The second kappa shape index (κ2) is 6.17. The van der Waals surface area contributed by atoms with Crippen molar-refractivity contribution in [2.45, 2.75) is 13.5 Å². The Hall–Kier alpha value is -1.39. The average Bonchev–Trinajstić information content (AvgIpc) is 2.37. The lowest BCUT2D eigenvalue weighted by atomic mass is 10.2. The highest BCUT2D eigenvalue weighted by Crippen LogP contribution is 2.29. The highest BCUT2D eigenvalue weighted by molar-refractivity contribution is 9.10. The van der Waals surface area contributed by atoms with Crippen LogP contribution in [0.15, 0.2) is 40.9 Å². The molecule has 0 heterocycles. The van der Waals surface area contributed by atoms with Crippen LogP contribution in [0.5, 0.6) is 11.5 Å². The molecule has 0 spiro atoms. The number of benzene rings is 2. The van der Waals surface area contributed by atoms with E-state index in [4.69, 9.17) is 4.74 Å². The van der Waals surface area contributed by atoms with Crippen molar-refractivity contribution in [1.82, 2.24) is 5.32 Å². The largest absolute Gasteiger partial charge is 0.457 e. The van der Waals surface area contributed by atoms with Crippen LogP contribution >= 0.6 is 15.9 Å². The molecule has 0 bridgehead atoms. The van der Waals surface area contributed by atoms with E-state index >= 15 is 0 Å². The summed E-state index contributed by atoms with van der Waals surface area (Å²) in [5.74, 6) is 0.917. The first-order chi connectivity index (χ1) is 9.10. The normalized spacial score (nSPS) is 10.5. The van der Waals surface area contributed by atoms with Gasteiger partial charge in [-0.1, -0.05) is 28.1 Å². The number of nitrogens with one attached hydrogen (secondary N) is 1. The third kappa shape index (κ3) is 3.55. The molecule has 2 rings (SSSR count). The molecular formula is C15H15BrFNO. The molecule has 0 unspecified atom stereocenters. The number of rotatable bonds is 4. The molecule has 100 valence electrons. The number of hydrogen-bond donors (Lipinski definition) is 1. The van der Waals surface area contributed by atoms with Gasteiger partial charge in [-0.2, -0.15) is 0 Å². The van der Waals surface area contributed by atoms with Gasteiger partial charge in [0.1, 0.15) is 17.3 Å². The van der Waals surface area contributed by atoms with Crippen molar-refractivity contribution in [3.63, 3.8) is 0 Å². The fourth-order valence-electron chi connectivity index (χ4n) is 1.74. The summed E-state index contributed by atoms with van der Waals surface area (Å²) in [4.78, 5) is 0. The minimum atomic E-state index is -0.300. The van der Waals surface area contributed by atoms with Crippen LogP contribution < -0.4 is 10.1 Å². The Morgan fingerprint density at radius 3 is 2.68 bits per heavy atom. The molecule has 0 aliphatic carbocycles. The maximum Gasteiger partial charge on any atom is 0.133 e. The molecule has 2 nitrogen and oxygen atoms in total. The minimum absolute atomic E-state index is 0.300. The second-order valence-corrected chi connectivity index (χ2v) is 5.15. The summed E-state index contributed by atoms with van der Waals surface area (Å²) < 4.78 is 19.9. The summed E-state index contributed by atoms with van der Waals surface area (Å²) in [5.41, 5.74) is 2.04. The van der Waals surface area contributed by atoms with Crippen molar-refractivity contribution in [2.24, 2.45) is 0 Å². The van der Waals surface area contributed by atoms with Crippen LogP contribution in [-0.2, 0) is 6.54 Å². The number of halogens is 2. The summed E-state index contributed by atoms with van der Waals surface area (Å²) in [6, 6.07) is 10.3. The lowest BCUT2D eigenvalue weighted by Crippen LogP contribution is -2.05. The molecule has 0 fully saturated rings. The molecule has 4 heteroatoms. The van der Waals surface area contributed by atoms with E-state index < -0.39 is 0 Å². The standard InChI is InChI=1S/C15H15BrFNO/c1-10-3-5-12(17)7-15(10)19-13-6-4-11(9-18-2)14(16)8-13/h3-8,18H,9H2,1-2H3. The molecule has 0 aliphatic rings. The Bertz CT molecular complexity index is 586. The van der Waals surface area contributed by atoms with Crippen LogP contribution in [0.4, 0.5) is 4.39 Å². The Balaban J connectivity index is 2.24. The van der Waals surface area contributed by atoms with Gasteiger partial charge in [-0.15, -0.1) is 0 Å². The first kappa shape index (κ1) is 14.0. The Morgan fingerprint density at radius 1 is 1.21 bits per heavy atom. The van der Waals surface area contributed by atoms with Crippen LogP contribution in [0.2, 0.25) is 0 Å². The van der Waals surface area contributed by atoms with Crippen molar-refractivity contribution < 1.29 is 9.13 Å². The van der Waals surface area contributed by atoms with E-state index in [0.717, 1.165) is 22.1 Å². The van der Waals surface area contributed by atoms with E-state index in [-0.39, 0.29) is 5.82 Å². The van der Waals surface area contributed by atoms with Gasteiger partial charge >= 0.3 is 0 Å². The van der Waals surface area contributed by atoms with Crippen LogP contribution in [0.1, 0.15) is 11.1 Å². The summed E-state index contributed by atoms with van der Waals surface area (Å²) >= 11 is 3.50. The van der Waals surface area contributed by atoms with Gasteiger partial charge in [0.2, 0.25) is 0 Å². The molecule has 0 amide bonds. The van der Waals surface area contributed by atoms with Gasteiger partial charge in [0.05, 0.1) is 0 Å². The number of ether oxygens (including phenoxy) is 1. The second-order valence-electron chi connectivity index (χ2n) is 4.30. The molecule has 19 heavy (non-hydrogen) atoms. The fraction of sp³-hybridized carbons (Fsp3) is 0.200.